The van der Waals surface area contributed by atoms with Crippen molar-refractivity contribution >= 4 is 17.7 Å². The van der Waals surface area contributed by atoms with Crippen LogP contribution in [0, 0.1) is 0 Å². The van der Waals surface area contributed by atoms with E-state index in [4.69, 9.17) is 15.0 Å². The molecule has 0 aliphatic rings. The number of aromatic nitrogens is 3. The number of nitrogen functional groups attached to an aromatic ring is 1. The summed E-state index contributed by atoms with van der Waals surface area (Å²) in [5, 5.41) is 11.4. The number of rotatable bonds is 7. The summed E-state index contributed by atoms with van der Waals surface area (Å²) in [6.45, 7) is 1.90. The van der Waals surface area contributed by atoms with E-state index in [0.29, 0.717) is 16.7 Å². The zero-order valence-corrected chi connectivity index (χ0v) is 15.2. The largest absolute Gasteiger partial charge is 0.496 e. The number of nitrogens with one attached hydrogen (secondary N) is 1. The summed E-state index contributed by atoms with van der Waals surface area (Å²) in [5.74, 6) is 7.64. The molecule has 3 rings (SSSR count). The molecule has 1 unspecified atom stereocenters. The monoisotopic (exact) mass is 373 g/mol. The predicted molar refractivity (Wildman–Crippen MR) is 98.2 cm³/mol. The number of hydrogen-bond acceptors (Lipinski definition) is 7. The number of thioether (sulfide) groups is 1. The minimum absolute atomic E-state index is 0.143. The van der Waals surface area contributed by atoms with Crippen molar-refractivity contribution in [2.45, 2.75) is 18.1 Å². The minimum Gasteiger partial charge on any atom is -0.496 e. The molecule has 9 heteroatoms. The first-order valence-corrected chi connectivity index (χ1v) is 8.88. The van der Waals surface area contributed by atoms with Crippen molar-refractivity contribution in [1.29, 1.82) is 0 Å². The number of carbonyl (C=O) groups is 1. The quantitative estimate of drug-likeness (QED) is 0.483. The lowest BCUT2D eigenvalue weighted by molar-refractivity contribution is -0.119. The maximum Gasteiger partial charge on any atom is 0.230 e. The van der Waals surface area contributed by atoms with E-state index in [1.165, 1.54) is 22.7 Å². The minimum atomic E-state index is -0.186. The Hall–Kier alpha value is -2.94. The van der Waals surface area contributed by atoms with E-state index in [0.717, 1.165) is 11.3 Å². The molecule has 0 bridgehead atoms. The Labute approximate surface area is 154 Å². The molecule has 8 nitrogen and oxygen atoms in total. The van der Waals surface area contributed by atoms with Crippen LogP contribution in [0.25, 0.3) is 11.6 Å². The second kappa shape index (κ2) is 7.96. The van der Waals surface area contributed by atoms with Gasteiger partial charge in [0.05, 0.1) is 25.2 Å². The molecule has 3 aromatic rings. The first-order chi connectivity index (χ1) is 12.6. The normalized spacial score (nSPS) is 11.9. The van der Waals surface area contributed by atoms with Crippen LogP contribution in [0.5, 0.6) is 5.75 Å². The maximum absolute atomic E-state index is 12.3. The number of ether oxygens (including phenoxy) is 1. The summed E-state index contributed by atoms with van der Waals surface area (Å²) >= 11 is 1.20. The Morgan fingerprint density at radius 3 is 2.88 bits per heavy atom. The van der Waals surface area contributed by atoms with Crippen molar-refractivity contribution in [3.63, 3.8) is 0 Å². The highest BCUT2D eigenvalue weighted by atomic mass is 32.2. The molecule has 2 heterocycles. The van der Waals surface area contributed by atoms with Crippen molar-refractivity contribution in [3.8, 4) is 17.3 Å². The fraction of sp³-hybridized carbons (Fsp3) is 0.235. The summed E-state index contributed by atoms with van der Waals surface area (Å²) in [6, 6.07) is 10.9. The molecule has 0 fully saturated rings. The summed E-state index contributed by atoms with van der Waals surface area (Å²) in [5.41, 5.74) is 0.912. The lowest BCUT2D eigenvalue weighted by Crippen LogP contribution is -2.28. The van der Waals surface area contributed by atoms with E-state index in [2.05, 4.69) is 15.5 Å². The molecule has 0 radical (unpaired) electrons. The molecule has 0 spiro atoms. The van der Waals surface area contributed by atoms with Gasteiger partial charge in [-0.05, 0) is 25.1 Å². The fourth-order valence-electron chi connectivity index (χ4n) is 2.46. The smallest absolute Gasteiger partial charge is 0.230 e. The Balaban J connectivity index is 1.59. The van der Waals surface area contributed by atoms with Gasteiger partial charge in [-0.15, -0.1) is 10.2 Å². The predicted octanol–water partition coefficient (Wildman–Crippen LogP) is 2.23. The van der Waals surface area contributed by atoms with Crippen LogP contribution in [0.2, 0.25) is 0 Å². The Morgan fingerprint density at radius 1 is 1.35 bits per heavy atom. The molecule has 1 aromatic carbocycles. The van der Waals surface area contributed by atoms with Gasteiger partial charge in [0.1, 0.15) is 5.75 Å². The van der Waals surface area contributed by atoms with Crippen LogP contribution in [0.1, 0.15) is 18.5 Å². The number of amides is 1. The van der Waals surface area contributed by atoms with Crippen LogP contribution < -0.4 is 15.9 Å². The van der Waals surface area contributed by atoms with Crippen LogP contribution in [0.3, 0.4) is 0 Å². The highest BCUT2D eigenvalue weighted by Gasteiger charge is 2.17. The van der Waals surface area contributed by atoms with Gasteiger partial charge < -0.3 is 20.3 Å². The van der Waals surface area contributed by atoms with Crippen molar-refractivity contribution < 1.29 is 13.9 Å². The van der Waals surface area contributed by atoms with Crippen LogP contribution in [0.4, 0.5) is 0 Å². The van der Waals surface area contributed by atoms with Gasteiger partial charge in [-0.2, -0.15) is 0 Å². The average molecular weight is 373 g/mol. The molecule has 26 heavy (non-hydrogen) atoms. The molecule has 1 amide bonds. The zero-order chi connectivity index (χ0) is 18.5. The maximum atomic E-state index is 12.3. The Kier molecular flexibility index (Phi) is 5.47. The number of nitrogens with two attached hydrogens (primary N) is 1. The first kappa shape index (κ1) is 17.9. The number of nitrogens with zero attached hydrogens (tertiary/aromatic N) is 3. The zero-order valence-electron chi connectivity index (χ0n) is 14.4. The van der Waals surface area contributed by atoms with E-state index in [9.17, 15) is 4.79 Å². The summed E-state index contributed by atoms with van der Waals surface area (Å²) in [6.07, 6.45) is 1.53. The van der Waals surface area contributed by atoms with Crippen molar-refractivity contribution in [2.75, 3.05) is 18.7 Å². The third kappa shape index (κ3) is 3.83. The Bertz CT molecular complexity index is 878. The van der Waals surface area contributed by atoms with Crippen molar-refractivity contribution in [3.05, 3.63) is 48.2 Å². The molecule has 0 aliphatic carbocycles. The number of benzene rings is 1. The van der Waals surface area contributed by atoms with Crippen LogP contribution in [-0.4, -0.2) is 33.6 Å². The fourth-order valence-corrected chi connectivity index (χ4v) is 3.13. The summed E-state index contributed by atoms with van der Waals surface area (Å²) < 4.78 is 11.9. The number of methoxy groups -OCH3 is 1. The molecule has 0 saturated carbocycles. The van der Waals surface area contributed by atoms with Crippen LogP contribution >= 0.6 is 11.8 Å². The van der Waals surface area contributed by atoms with Gasteiger partial charge in [-0.25, -0.2) is 4.68 Å². The van der Waals surface area contributed by atoms with Gasteiger partial charge in [0.2, 0.25) is 16.9 Å². The first-order valence-electron chi connectivity index (χ1n) is 7.89. The molecule has 0 saturated heterocycles. The molecule has 1 atom stereocenters. The van der Waals surface area contributed by atoms with Gasteiger partial charge in [0.15, 0.2) is 5.76 Å². The van der Waals surface area contributed by atoms with Crippen molar-refractivity contribution in [1.82, 2.24) is 20.2 Å². The van der Waals surface area contributed by atoms with E-state index in [1.54, 1.807) is 19.2 Å². The highest BCUT2D eigenvalue weighted by Crippen LogP contribution is 2.25. The van der Waals surface area contributed by atoms with Gasteiger partial charge in [-0.1, -0.05) is 30.0 Å². The van der Waals surface area contributed by atoms with Gasteiger partial charge in [0.25, 0.3) is 0 Å². The van der Waals surface area contributed by atoms with E-state index in [1.807, 2.05) is 31.2 Å². The number of furan rings is 1. The van der Waals surface area contributed by atoms with E-state index < -0.39 is 0 Å². The second-order valence-electron chi connectivity index (χ2n) is 5.47. The summed E-state index contributed by atoms with van der Waals surface area (Å²) in [7, 11) is 1.61. The Morgan fingerprint density at radius 2 is 2.15 bits per heavy atom. The van der Waals surface area contributed by atoms with Crippen LogP contribution in [0.15, 0.2) is 52.2 Å². The molecule has 0 aliphatic heterocycles. The molecule has 2 aromatic heterocycles. The number of para-hydroxylation sites is 1. The second-order valence-corrected chi connectivity index (χ2v) is 6.42. The third-order valence-electron chi connectivity index (χ3n) is 3.72. The SMILES string of the molecule is COc1ccccc1C(C)NC(=O)CSc1nnc(-c2ccco2)n1N. The average Bonchev–Trinajstić information content (AvgIpc) is 3.29. The standard InChI is InChI=1S/C17H19N5O3S/c1-11(12-6-3-4-7-13(12)24-2)19-15(23)10-26-17-21-20-16(22(17)18)14-8-5-9-25-14/h3-9,11H,10,18H2,1-2H3,(H,19,23). The molecular formula is C17H19N5O3S. The molecule has 3 N–H and O–H groups in total. The lowest BCUT2D eigenvalue weighted by Gasteiger charge is -2.17. The molecular weight excluding hydrogens is 354 g/mol. The number of carbonyl (C=O) groups excluding carboxylic acids is 1. The van der Waals surface area contributed by atoms with E-state index in [-0.39, 0.29) is 17.7 Å². The van der Waals surface area contributed by atoms with Crippen LogP contribution in [-0.2, 0) is 4.79 Å². The van der Waals surface area contributed by atoms with Crippen molar-refractivity contribution in [2.24, 2.45) is 0 Å². The van der Waals surface area contributed by atoms with E-state index >= 15 is 0 Å². The highest BCUT2D eigenvalue weighted by molar-refractivity contribution is 7.99. The van der Waals surface area contributed by atoms with Gasteiger partial charge in [0, 0.05) is 5.56 Å². The topological polar surface area (TPSA) is 108 Å². The number of hydrogen-bond donors (Lipinski definition) is 2. The summed E-state index contributed by atoms with van der Waals surface area (Å²) in [4.78, 5) is 12.3. The third-order valence-corrected chi connectivity index (χ3v) is 4.66. The lowest BCUT2D eigenvalue weighted by atomic mass is 10.1. The van der Waals surface area contributed by atoms with Gasteiger partial charge in [-0.3, -0.25) is 4.79 Å². The molecule has 136 valence electrons. The van der Waals surface area contributed by atoms with Gasteiger partial charge >= 0.3 is 0 Å².